The van der Waals surface area contributed by atoms with Gasteiger partial charge in [0.15, 0.2) is 0 Å². The van der Waals surface area contributed by atoms with Gasteiger partial charge < -0.3 is 5.32 Å². The van der Waals surface area contributed by atoms with E-state index in [4.69, 9.17) is 0 Å². The minimum absolute atomic E-state index is 0.272. The molecule has 2 aromatic rings. The third-order valence-corrected chi connectivity index (χ3v) is 3.40. The fraction of sp³-hybridized carbons (Fsp3) is 0.429. The van der Waals surface area contributed by atoms with Crippen molar-refractivity contribution in [3.8, 4) is 0 Å². The molecule has 0 aliphatic rings. The lowest BCUT2D eigenvalue weighted by atomic mass is 10.0. The highest BCUT2D eigenvalue weighted by Crippen LogP contribution is 2.20. The van der Waals surface area contributed by atoms with E-state index in [1.165, 1.54) is 11.1 Å². The van der Waals surface area contributed by atoms with Gasteiger partial charge in [0.2, 0.25) is 0 Å². The van der Waals surface area contributed by atoms with E-state index in [1.54, 1.807) is 0 Å². The van der Waals surface area contributed by atoms with E-state index in [-0.39, 0.29) is 6.04 Å². The van der Waals surface area contributed by atoms with E-state index in [0.717, 1.165) is 23.9 Å². The Bertz CT molecular complexity index is 524. The summed E-state index contributed by atoms with van der Waals surface area (Å²) in [5, 5.41) is 7.80. The molecule has 0 aromatic carbocycles. The van der Waals surface area contributed by atoms with Gasteiger partial charge in [0, 0.05) is 36.2 Å². The minimum atomic E-state index is 0.272. The van der Waals surface area contributed by atoms with Crippen molar-refractivity contribution in [2.75, 3.05) is 6.54 Å². The second-order valence-corrected chi connectivity index (χ2v) is 5.59. The molecule has 2 rings (SSSR count). The van der Waals surface area contributed by atoms with Gasteiger partial charge in [-0.15, -0.1) is 0 Å². The quantitative estimate of drug-likeness (QED) is 0.889. The Labute approximate surface area is 122 Å². The van der Waals surface area contributed by atoms with Crippen LogP contribution in [0.25, 0.3) is 0 Å². The van der Waals surface area contributed by atoms with E-state index in [0.29, 0.717) is 0 Å². The van der Waals surface area contributed by atoms with Crippen molar-refractivity contribution in [1.82, 2.24) is 20.1 Å². The maximum atomic E-state index is 4.25. The van der Waals surface area contributed by atoms with Crippen molar-refractivity contribution >= 4 is 15.9 Å². The van der Waals surface area contributed by atoms with Gasteiger partial charge in [0.05, 0.1) is 6.20 Å². The Balaban J connectivity index is 2.15. The zero-order chi connectivity index (χ0) is 13.7. The third kappa shape index (κ3) is 4.14. The Hall–Kier alpha value is -1.20. The molecule has 0 saturated heterocycles. The van der Waals surface area contributed by atoms with Crippen LogP contribution in [-0.4, -0.2) is 21.3 Å². The molecule has 102 valence electrons. The molecule has 2 aromatic heterocycles. The van der Waals surface area contributed by atoms with Gasteiger partial charge in [0.1, 0.15) is 0 Å². The van der Waals surface area contributed by atoms with Crippen molar-refractivity contribution in [3.63, 3.8) is 0 Å². The molecule has 0 spiro atoms. The van der Waals surface area contributed by atoms with Crippen molar-refractivity contribution in [3.05, 3.63) is 46.5 Å². The normalized spacial score (nSPS) is 12.6. The smallest absolute Gasteiger partial charge is 0.0522 e. The molecule has 1 N–H and O–H groups in total. The number of halogens is 1. The summed E-state index contributed by atoms with van der Waals surface area (Å²) < 4.78 is 2.85. The van der Waals surface area contributed by atoms with E-state index >= 15 is 0 Å². The molecule has 0 fully saturated rings. The highest BCUT2D eigenvalue weighted by Gasteiger charge is 2.13. The fourth-order valence-electron chi connectivity index (χ4n) is 2.06. The highest BCUT2D eigenvalue weighted by atomic mass is 79.9. The average molecular weight is 323 g/mol. The van der Waals surface area contributed by atoms with Crippen LogP contribution >= 0.6 is 15.9 Å². The molecule has 0 bridgehead atoms. The zero-order valence-corrected chi connectivity index (χ0v) is 12.9. The number of aryl methyl sites for hydroxylation is 1. The number of hydrogen-bond acceptors (Lipinski definition) is 3. The lowest BCUT2D eigenvalue weighted by Gasteiger charge is -2.18. The standard InChI is InChI=1S/C14H19BrN4/c1-3-4-17-14(5-11-7-18-19(2)10-11)12-6-13(15)9-16-8-12/h6-10,14,17H,3-5H2,1-2H3. The lowest BCUT2D eigenvalue weighted by Crippen LogP contribution is -2.24. The Morgan fingerprint density at radius 3 is 2.84 bits per heavy atom. The van der Waals surface area contributed by atoms with Crippen molar-refractivity contribution in [1.29, 1.82) is 0 Å². The number of hydrogen-bond donors (Lipinski definition) is 1. The molecule has 2 heterocycles. The maximum absolute atomic E-state index is 4.25. The Kier molecular flexibility index (Phi) is 5.10. The van der Waals surface area contributed by atoms with Crippen LogP contribution in [0.4, 0.5) is 0 Å². The van der Waals surface area contributed by atoms with Crippen LogP contribution in [-0.2, 0) is 13.5 Å². The Morgan fingerprint density at radius 1 is 1.37 bits per heavy atom. The van der Waals surface area contributed by atoms with Crippen LogP contribution in [0.2, 0.25) is 0 Å². The van der Waals surface area contributed by atoms with Crippen LogP contribution in [0.5, 0.6) is 0 Å². The molecule has 19 heavy (non-hydrogen) atoms. The number of pyridine rings is 1. The number of nitrogens with zero attached hydrogens (tertiary/aromatic N) is 3. The second kappa shape index (κ2) is 6.82. The van der Waals surface area contributed by atoms with Crippen LogP contribution in [0.3, 0.4) is 0 Å². The fourth-order valence-corrected chi connectivity index (χ4v) is 2.44. The van der Waals surface area contributed by atoms with Crippen LogP contribution in [0, 0.1) is 0 Å². The summed E-state index contributed by atoms with van der Waals surface area (Å²) in [4.78, 5) is 4.25. The first kappa shape index (κ1) is 14.2. The number of nitrogens with one attached hydrogen (secondary N) is 1. The first-order valence-electron chi connectivity index (χ1n) is 6.50. The summed E-state index contributed by atoms with van der Waals surface area (Å²) in [6, 6.07) is 2.39. The van der Waals surface area contributed by atoms with E-state index in [2.05, 4.69) is 50.5 Å². The van der Waals surface area contributed by atoms with Gasteiger partial charge >= 0.3 is 0 Å². The molecule has 4 nitrogen and oxygen atoms in total. The number of rotatable bonds is 6. The third-order valence-electron chi connectivity index (χ3n) is 2.97. The SMILES string of the molecule is CCCNC(Cc1cnn(C)c1)c1cncc(Br)c1. The van der Waals surface area contributed by atoms with Gasteiger partial charge in [-0.1, -0.05) is 6.92 Å². The van der Waals surface area contributed by atoms with Crippen LogP contribution in [0.15, 0.2) is 35.3 Å². The van der Waals surface area contributed by atoms with Gasteiger partial charge in [0.25, 0.3) is 0 Å². The molecule has 1 unspecified atom stereocenters. The van der Waals surface area contributed by atoms with Gasteiger partial charge in [-0.25, -0.2) is 0 Å². The summed E-state index contributed by atoms with van der Waals surface area (Å²) in [6.07, 6.45) is 9.76. The summed E-state index contributed by atoms with van der Waals surface area (Å²) in [6.45, 7) is 3.17. The molecule has 5 heteroatoms. The van der Waals surface area contributed by atoms with Crippen molar-refractivity contribution in [2.24, 2.45) is 7.05 Å². The maximum Gasteiger partial charge on any atom is 0.0522 e. The first-order valence-corrected chi connectivity index (χ1v) is 7.29. The molecular formula is C14H19BrN4. The first-order chi connectivity index (χ1) is 9.19. The van der Waals surface area contributed by atoms with Gasteiger partial charge in [-0.3, -0.25) is 9.67 Å². The van der Waals surface area contributed by atoms with Crippen molar-refractivity contribution in [2.45, 2.75) is 25.8 Å². The molecule has 0 radical (unpaired) electrons. The Morgan fingerprint density at radius 2 is 2.21 bits per heavy atom. The molecule has 0 aliphatic heterocycles. The molecule has 1 atom stereocenters. The predicted octanol–water partition coefficient (Wildman–Crippen LogP) is 2.86. The predicted molar refractivity (Wildman–Crippen MR) is 79.9 cm³/mol. The van der Waals surface area contributed by atoms with Gasteiger partial charge in [-0.05, 0) is 52.5 Å². The monoisotopic (exact) mass is 322 g/mol. The molecule has 0 saturated carbocycles. The molecule has 0 amide bonds. The lowest BCUT2D eigenvalue weighted by molar-refractivity contribution is 0.527. The van der Waals surface area contributed by atoms with E-state index < -0.39 is 0 Å². The van der Waals surface area contributed by atoms with Gasteiger partial charge in [-0.2, -0.15) is 5.10 Å². The number of aromatic nitrogens is 3. The zero-order valence-electron chi connectivity index (χ0n) is 11.3. The minimum Gasteiger partial charge on any atom is -0.310 e. The molecule has 0 aliphatic carbocycles. The van der Waals surface area contributed by atoms with Crippen LogP contribution in [0.1, 0.15) is 30.5 Å². The van der Waals surface area contributed by atoms with E-state index in [1.807, 2.05) is 30.3 Å². The summed E-state index contributed by atoms with van der Waals surface area (Å²) in [7, 11) is 1.94. The largest absolute Gasteiger partial charge is 0.310 e. The topological polar surface area (TPSA) is 42.7 Å². The van der Waals surface area contributed by atoms with Crippen molar-refractivity contribution < 1.29 is 0 Å². The average Bonchev–Trinajstić information content (AvgIpc) is 2.80. The van der Waals surface area contributed by atoms with Crippen LogP contribution < -0.4 is 5.32 Å². The molecular weight excluding hydrogens is 304 g/mol. The highest BCUT2D eigenvalue weighted by molar-refractivity contribution is 9.10. The summed E-state index contributed by atoms with van der Waals surface area (Å²) >= 11 is 3.48. The summed E-state index contributed by atoms with van der Waals surface area (Å²) in [5.74, 6) is 0. The van der Waals surface area contributed by atoms with E-state index in [9.17, 15) is 0 Å². The second-order valence-electron chi connectivity index (χ2n) is 4.67. The summed E-state index contributed by atoms with van der Waals surface area (Å²) in [5.41, 5.74) is 2.43.